The van der Waals surface area contributed by atoms with Gasteiger partial charge < -0.3 is 10.5 Å². The van der Waals surface area contributed by atoms with Gasteiger partial charge >= 0.3 is 0 Å². The van der Waals surface area contributed by atoms with Crippen molar-refractivity contribution < 1.29 is 4.74 Å². The smallest absolute Gasteiger partial charge is 0.0678 e. The molecule has 1 fully saturated rings. The van der Waals surface area contributed by atoms with E-state index in [0.717, 1.165) is 26.1 Å². The molecule has 2 N–H and O–H groups in total. The van der Waals surface area contributed by atoms with Crippen molar-refractivity contribution in [2.75, 3.05) is 19.6 Å². The van der Waals surface area contributed by atoms with E-state index in [1.54, 1.807) is 0 Å². The molecule has 1 heterocycles. The standard InChI is InChI=1S/C15H24N2O/c1-12-10-17(11-13(2)18-12)8-7-14-5-3-4-6-15(14)9-16/h3-6,12-13H,7-11,16H2,1-2H3. The lowest BCUT2D eigenvalue weighted by Gasteiger charge is -2.35. The number of rotatable bonds is 4. The van der Waals surface area contributed by atoms with E-state index in [2.05, 4.69) is 43.0 Å². The zero-order valence-electron chi connectivity index (χ0n) is 11.4. The van der Waals surface area contributed by atoms with E-state index in [4.69, 9.17) is 10.5 Å². The molecule has 0 aromatic heterocycles. The van der Waals surface area contributed by atoms with Crippen LogP contribution in [0.1, 0.15) is 25.0 Å². The van der Waals surface area contributed by atoms with Crippen LogP contribution in [0, 0.1) is 0 Å². The van der Waals surface area contributed by atoms with Crippen LogP contribution in [0.25, 0.3) is 0 Å². The predicted octanol–water partition coefficient (Wildman–Crippen LogP) is 1.80. The second kappa shape index (κ2) is 6.32. The summed E-state index contributed by atoms with van der Waals surface area (Å²) < 4.78 is 5.75. The van der Waals surface area contributed by atoms with Crippen LogP contribution in [0.4, 0.5) is 0 Å². The van der Waals surface area contributed by atoms with Crippen LogP contribution in [0.3, 0.4) is 0 Å². The van der Waals surface area contributed by atoms with E-state index in [1.807, 2.05) is 0 Å². The Morgan fingerprint density at radius 1 is 1.17 bits per heavy atom. The van der Waals surface area contributed by atoms with Gasteiger partial charge in [-0.25, -0.2) is 0 Å². The van der Waals surface area contributed by atoms with Gasteiger partial charge in [-0.2, -0.15) is 0 Å². The van der Waals surface area contributed by atoms with Gasteiger partial charge in [0.1, 0.15) is 0 Å². The second-order valence-electron chi connectivity index (χ2n) is 5.24. The molecule has 1 aliphatic rings. The summed E-state index contributed by atoms with van der Waals surface area (Å²) in [6, 6.07) is 8.47. The fourth-order valence-electron chi connectivity index (χ4n) is 2.75. The second-order valence-corrected chi connectivity index (χ2v) is 5.24. The van der Waals surface area contributed by atoms with Crippen molar-refractivity contribution >= 4 is 0 Å². The van der Waals surface area contributed by atoms with Crippen molar-refractivity contribution in [3.05, 3.63) is 35.4 Å². The molecule has 2 rings (SSSR count). The zero-order chi connectivity index (χ0) is 13.0. The lowest BCUT2D eigenvalue weighted by molar-refractivity contribution is -0.0675. The van der Waals surface area contributed by atoms with E-state index >= 15 is 0 Å². The average Bonchev–Trinajstić information content (AvgIpc) is 2.35. The number of hydrogen-bond acceptors (Lipinski definition) is 3. The first-order valence-corrected chi connectivity index (χ1v) is 6.83. The van der Waals surface area contributed by atoms with Crippen molar-refractivity contribution in [2.24, 2.45) is 5.73 Å². The van der Waals surface area contributed by atoms with Gasteiger partial charge in [0.05, 0.1) is 12.2 Å². The summed E-state index contributed by atoms with van der Waals surface area (Å²) in [5, 5.41) is 0. The summed E-state index contributed by atoms with van der Waals surface area (Å²) in [5.74, 6) is 0. The molecule has 1 saturated heterocycles. The van der Waals surface area contributed by atoms with Gasteiger partial charge in [-0.15, -0.1) is 0 Å². The topological polar surface area (TPSA) is 38.5 Å². The van der Waals surface area contributed by atoms with Crippen LogP contribution in [-0.2, 0) is 17.7 Å². The Morgan fingerprint density at radius 3 is 2.39 bits per heavy atom. The molecule has 18 heavy (non-hydrogen) atoms. The average molecular weight is 248 g/mol. The largest absolute Gasteiger partial charge is 0.373 e. The third-order valence-electron chi connectivity index (χ3n) is 3.53. The van der Waals surface area contributed by atoms with Gasteiger partial charge in [0.15, 0.2) is 0 Å². The van der Waals surface area contributed by atoms with Gasteiger partial charge in [0, 0.05) is 26.2 Å². The third-order valence-corrected chi connectivity index (χ3v) is 3.53. The Kier molecular flexibility index (Phi) is 4.75. The lowest BCUT2D eigenvalue weighted by Crippen LogP contribution is -2.46. The Hall–Kier alpha value is -0.900. The number of hydrogen-bond donors (Lipinski definition) is 1. The maximum atomic E-state index is 5.77. The van der Waals surface area contributed by atoms with Crippen molar-refractivity contribution in [1.82, 2.24) is 4.90 Å². The van der Waals surface area contributed by atoms with Gasteiger partial charge in [-0.1, -0.05) is 24.3 Å². The van der Waals surface area contributed by atoms with Gasteiger partial charge in [0.2, 0.25) is 0 Å². The molecule has 1 aromatic carbocycles. The Labute approximate surface area is 110 Å². The van der Waals surface area contributed by atoms with E-state index in [-0.39, 0.29) is 0 Å². The molecule has 2 unspecified atom stereocenters. The van der Waals surface area contributed by atoms with Crippen LogP contribution >= 0.6 is 0 Å². The monoisotopic (exact) mass is 248 g/mol. The van der Waals surface area contributed by atoms with Crippen LogP contribution < -0.4 is 5.73 Å². The molecule has 0 spiro atoms. The highest BCUT2D eigenvalue weighted by molar-refractivity contribution is 5.27. The predicted molar refractivity (Wildman–Crippen MR) is 74.5 cm³/mol. The molecule has 2 atom stereocenters. The molecule has 3 heteroatoms. The van der Waals surface area contributed by atoms with Crippen molar-refractivity contribution in [3.63, 3.8) is 0 Å². The maximum Gasteiger partial charge on any atom is 0.0678 e. The SMILES string of the molecule is CC1CN(CCc2ccccc2CN)CC(C)O1. The molecular weight excluding hydrogens is 224 g/mol. The molecule has 0 radical (unpaired) electrons. The molecule has 3 nitrogen and oxygen atoms in total. The van der Waals surface area contributed by atoms with Crippen molar-refractivity contribution in [1.29, 1.82) is 0 Å². The fourth-order valence-corrected chi connectivity index (χ4v) is 2.75. The van der Waals surface area contributed by atoms with E-state index in [1.165, 1.54) is 11.1 Å². The highest BCUT2D eigenvalue weighted by Gasteiger charge is 2.21. The maximum absolute atomic E-state index is 5.77. The highest BCUT2D eigenvalue weighted by atomic mass is 16.5. The minimum Gasteiger partial charge on any atom is -0.373 e. The Bertz CT molecular complexity index is 371. The van der Waals surface area contributed by atoms with Crippen LogP contribution in [0.15, 0.2) is 24.3 Å². The van der Waals surface area contributed by atoms with Crippen molar-refractivity contribution in [3.8, 4) is 0 Å². The number of ether oxygens (including phenoxy) is 1. The Balaban J connectivity index is 1.91. The van der Waals surface area contributed by atoms with Gasteiger partial charge in [-0.05, 0) is 31.4 Å². The number of nitrogens with zero attached hydrogens (tertiary/aromatic N) is 1. The molecule has 0 saturated carbocycles. The van der Waals surface area contributed by atoms with Crippen LogP contribution in [-0.4, -0.2) is 36.7 Å². The third kappa shape index (κ3) is 3.55. The fraction of sp³-hybridized carbons (Fsp3) is 0.600. The number of benzene rings is 1. The number of morpholine rings is 1. The first kappa shape index (κ1) is 13.5. The minimum atomic E-state index is 0.346. The zero-order valence-corrected chi connectivity index (χ0v) is 11.4. The molecule has 0 aliphatic carbocycles. The summed E-state index contributed by atoms with van der Waals surface area (Å²) in [6.07, 6.45) is 1.77. The minimum absolute atomic E-state index is 0.346. The summed E-state index contributed by atoms with van der Waals surface area (Å²) in [4.78, 5) is 2.49. The lowest BCUT2D eigenvalue weighted by atomic mass is 10.0. The van der Waals surface area contributed by atoms with E-state index < -0.39 is 0 Å². The molecule has 100 valence electrons. The first-order valence-electron chi connectivity index (χ1n) is 6.83. The first-order chi connectivity index (χ1) is 8.69. The summed E-state index contributed by atoms with van der Waals surface area (Å²) >= 11 is 0. The molecule has 1 aliphatic heterocycles. The van der Waals surface area contributed by atoms with Gasteiger partial charge in [-0.3, -0.25) is 4.90 Å². The molecular formula is C15H24N2O. The Morgan fingerprint density at radius 2 is 1.78 bits per heavy atom. The highest BCUT2D eigenvalue weighted by Crippen LogP contribution is 2.13. The molecule has 0 amide bonds. The van der Waals surface area contributed by atoms with E-state index in [0.29, 0.717) is 18.8 Å². The van der Waals surface area contributed by atoms with Crippen molar-refractivity contribution in [2.45, 2.75) is 39.0 Å². The summed E-state index contributed by atoms with van der Waals surface area (Å²) in [7, 11) is 0. The summed E-state index contributed by atoms with van der Waals surface area (Å²) in [6.45, 7) is 8.10. The normalized spacial score (nSPS) is 25.3. The molecule has 1 aromatic rings. The van der Waals surface area contributed by atoms with Gasteiger partial charge in [0.25, 0.3) is 0 Å². The van der Waals surface area contributed by atoms with E-state index in [9.17, 15) is 0 Å². The summed E-state index contributed by atoms with van der Waals surface area (Å²) in [5.41, 5.74) is 8.42. The van der Waals surface area contributed by atoms with Crippen LogP contribution in [0.2, 0.25) is 0 Å². The quantitative estimate of drug-likeness (QED) is 0.883. The van der Waals surface area contributed by atoms with Crippen LogP contribution in [0.5, 0.6) is 0 Å². The number of nitrogens with two attached hydrogens (primary N) is 1. The molecule has 0 bridgehead atoms.